The molecule has 2 heterocycles. The van der Waals surface area contributed by atoms with Gasteiger partial charge in [0.25, 0.3) is 0 Å². The number of rotatable bonds is 2. The minimum absolute atomic E-state index is 0. The van der Waals surface area contributed by atoms with Crippen LogP contribution in [-0.2, 0) is 11.8 Å². The summed E-state index contributed by atoms with van der Waals surface area (Å²) in [5, 5.41) is 8.23. The summed E-state index contributed by atoms with van der Waals surface area (Å²) in [5.74, 6) is 1.18. The van der Waals surface area contributed by atoms with E-state index in [-0.39, 0.29) is 24.8 Å². The van der Waals surface area contributed by atoms with Crippen LogP contribution >= 0.6 is 24.8 Å². The number of aromatic nitrogens is 3. The second kappa shape index (κ2) is 5.80. The van der Waals surface area contributed by atoms with Crippen molar-refractivity contribution in [3.8, 4) is 0 Å². The zero-order valence-electron chi connectivity index (χ0n) is 13.0. The smallest absolute Gasteiger partial charge is 0.157 e. The van der Waals surface area contributed by atoms with E-state index in [9.17, 15) is 0 Å². The molecule has 0 unspecified atom stereocenters. The van der Waals surface area contributed by atoms with Crippen LogP contribution < -0.4 is 11.1 Å². The van der Waals surface area contributed by atoms with Gasteiger partial charge in [-0.2, -0.15) is 9.61 Å². The molecular weight excluding hydrogens is 333 g/mol. The Balaban J connectivity index is 0.000000781. The quantitative estimate of drug-likeness (QED) is 0.868. The highest BCUT2D eigenvalue weighted by atomic mass is 35.5. The molecule has 1 spiro atoms. The standard InChI is InChI=1S/C16H21N5.2ClH/c17-10-1-2-11(9-10)19-15-12-3-5-16(6-7-16)14(12)20-13-4-8-18-21(13)15;;/h4,8,10-11,19H,1-3,5-7,9,17H2;2*1H/t10-,11-;;/m1../s1. The summed E-state index contributed by atoms with van der Waals surface area (Å²) in [4.78, 5) is 4.92. The summed E-state index contributed by atoms with van der Waals surface area (Å²) in [6.07, 6.45) is 10.2. The molecule has 3 aliphatic rings. The van der Waals surface area contributed by atoms with Gasteiger partial charge in [-0.05, 0) is 44.9 Å². The van der Waals surface area contributed by atoms with Crippen LogP contribution in [0.4, 0.5) is 5.82 Å². The summed E-state index contributed by atoms with van der Waals surface area (Å²) in [6, 6.07) is 2.84. The van der Waals surface area contributed by atoms with Crippen LogP contribution in [0.2, 0.25) is 0 Å². The van der Waals surface area contributed by atoms with E-state index >= 15 is 0 Å². The van der Waals surface area contributed by atoms with E-state index in [4.69, 9.17) is 10.7 Å². The van der Waals surface area contributed by atoms with Crippen molar-refractivity contribution in [3.63, 3.8) is 0 Å². The Morgan fingerprint density at radius 1 is 1.22 bits per heavy atom. The van der Waals surface area contributed by atoms with E-state index in [1.807, 2.05) is 16.8 Å². The number of hydrogen-bond donors (Lipinski definition) is 2. The van der Waals surface area contributed by atoms with Gasteiger partial charge >= 0.3 is 0 Å². The Hall–Kier alpha value is -1.04. The highest BCUT2D eigenvalue weighted by Crippen LogP contribution is 2.57. The lowest BCUT2D eigenvalue weighted by atomic mass is 10.0. The van der Waals surface area contributed by atoms with E-state index in [0.29, 0.717) is 17.5 Å². The molecule has 2 atom stereocenters. The van der Waals surface area contributed by atoms with Crippen molar-refractivity contribution in [3.05, 3.63) is 23.5 Å². The van der Waals surface area contributed by atoms with Crippen molar-refractivity contribution >= 4 is 36.3 Å². The fraction of sp³-hybridized carbons (Fsp3) is 0.625. The molecule has 5 rings (SSSR count). The average Bonchev–Trinajstić information content (AvgIpc) is 2.82. The van der Waals surface area contributed by atoms with Gasteiger partial charge in [-0.3, -0.25) is 0 Å². The lowest BCUT2D eigenvalue weighted by Crippen LogP contribution is -2.23. The number of nitrogens with one attached hydrogen (secondary N) is 1. The highest BCUT2D eigenvalue weighted by Gasteiger charge is 2.51. The molecule has 0 radical (unpaired) electrons. The monoisotopic (exact) mass is 355 g/mol. The van der Waals surface area contributed by atoms with Gasteiger partial charge < -0.3 is 11.1 Å². The molecule has 7 heteroatoms. The van der Waals surface area contributed by atoms with Crippen LogP contribution in [0.5, 0.6) is 0 Å². The summed E-state index contributed by atoms with van der Waals surface area (Å²) < 4.78 is 1.99. The van der Waals surface area contributed by atoms with Crippen LogP contribution in [0.1, 0.15) is 49.8 Å². The van der Waals surface area contributed by atoms with Crippen molar-refractivity contribution in [2.24, 2.45) is 5.73 Å². The third-order valence-corrected chi connectivity index (χ3v) is 5.66. The predicted molar refractivity (Wildman–Crippen MR) is 96.0 cm³/mol. The first-order valence-corrected chi connectivity index (χ1v) is 8.14. The number of hydrogen-bond acceptors (Lipinski definition) is 4. The first-order valence-electron chi connectivity index (χ1n) is 8.14. The minimum Gasteiger partial charge on any atom is -0.367 e. The van der Waals surface area contributed by atoms with Gasteiger partial charge in [0.1, 0.15) is 5.82 Å². The van der Waals surface area contributed by atoms with Crippen molar-refractivity contribution in [1.29, 1.82) is 0 Å². The SMILES string of the molecule is Cl.Cl.N[C@@H]1CC[C@@H](Nc2c3c(nc4ccnn24)C2(CC3)CC2)C1. The Bertz CT molecular complexity index is 725. The highest BCUT2D eigenvalue weighted by molar-refractivity contribution is 5.85. The molecule has 0 aromatic carbocycles. The summed E-state index contributed by atoms with van der Waals surface area (Å²) in [7, 11) is 0. The molecule has 3 N–H and O–H groups in total. The molecule has 23 heavy (non-hydrogen) atoms. The molecular formula is C16H23Cl2N5. The number of halogens is 2. The van der Waals surface area contributed by atoms with E-state index in [1.54, 1.807) is 0 Å². The van der Waals surface area contributed by atoms with Crippen molar-refractivity contribution in [2.75, 3.05) is 5.32 Å². The topological polar surface area (TPSA) is 68.2 Å². The fourth-order valence-electron chi connectivity index (χ4n) is 4.26. The van der Waals surface area contributed by atoms with Gasteiger partial charge in [0.15, 0.2) is 5.65 Å². The Labute approximate surface area is 148 Å². The van der Waals surface area contributed by atoms with Crippen molar-refractivity contribution < 1.29 is 0 Å². The molecule has 0 aliphatic heterocycles. The van der Waals surface area contributed by atoms with Gasteiger partial charge in [-0.25, -0.2) is 4.98 Å². The molecule has 2 saturated carbocycles. The molecule has 0 bridgehead atoms. The van der Waals surface area contributed by atoms with Gasteiger partial charge in [0.05, 0.1) is 11.9 Å². The third kappa shape index (κ3) is 2.49. The van der Waals surface area contributed by atoms with Crippen LogP contribution in [0.3, 0.4) is 0 Å². The zero-order chi connectivity index (χ0) is 14.0. The van der Waals surface area contributed by atoms with Crippen LogP contribution in [-0.4, -0.2) is 26.7 Å². The maximum absolute atomic E-state index is 6.06. The maximum Gasteiger partial charge on any atom is 0.157 e. The third-order valence-electron chi connectivity index (χ3n) is 5.66. The summed E-state index contributed by atoms with van der Waals surface area (Å²) in [5.41, 5.74) is 10.2. The predicted octanol–water partition coefficient (Wildman–Crippen LogP) is 2.84. The van der Waals surface area contributed by atoms with Crippen LogP contribution in [0.25, 0.3) is 5.65 Å². The van der Waals surface area contributed by atoms with E-state index in [2.05, 4.69) is 10.4 Å². The van der Waals surface area contributed by atoms with E-state index in [0.717, 1.165) is 31.3 Å². The minimum atomic E-state index is 0. The Morgan fingerprint density at radius 3 is 2.74 bits per heavy atom. The number of nitrogens with zero attached hydrogens (tertiary/aromatic N) is 3. The number of nitrogens with two attached hydrogens (primary N) is 1. The molecule has 0 amide bonds. The molecule has 126 valence electrons. The maximum atomic E-state index is 6.06. The lowest BCUT2D eigenvalue weighted by molar-refractivity contribution is 0.665. The van der Waals surface area contributed by atoms with E-state index < -0.39 is 0 Å². The normalized spacial score (nSPS) is 26.7. The summed E-state index contributed by atoms with van der Waals surface area (Å²) in [6.45, 7) is 0. The lowest BCUT2D eigenvalue weighted by Gasteiger charge is -2.18. The Kier molecular flexibility index (Phi) is 4.23. The second-order valence-corrected chi connectivity index (χ2v) is 7.08. The first kappa shape index (κ1) is 16.8. The number of fused-ring (bicyclic) bond motifs is 3. The largest absolute Gasteiger partial charge is 0.367 e. The summed E-state index contributed by atoms with van der Waals surface area (Å²) >= 11 is 0. The first-order chi connectivity index (χ1) is 10.3. The number of anilines is 1. The fourth-order valence-corrected chi connectivity index (χ4v) is 4.26. The van der Waals surface area contributed by atoms with E-state index in [1.165, 1.54) is 36.3 Å². The molecule has 5 nitrogen and oxygen atoms in total. The zero-order valence-corrected chi connectivity index (χ0v) is 14.6. The molecule has 2 aromatic rings. The second-order valence-electron chi connectivity index (χ2n) is 7.08. The molecule has 2 aromatic heterocycles. The Morgan fingerprint density at radius 2 is 2.04 bits per heavy atom. The molecule has 2 fully saturated rings. The van der Waals surface area contributed by atoms with Gasteiger partial charge in [0, 0.05) is 29.1 Å². The molecule has 3 aliphatic carbocycles. The van der Waals surface area contributed by atoms with Crippen LogP contribution in [0, 0.1) is 0 Å². The van der Waals surface area contributed by atoms with Gasteiger partial charge in [-0.1, -0.05) is 0 Å². The van der Waals surface area contributed by atoms with Crippen molar-refractivity contribution in [2.45, 2.75) is 62.4 Å². The molecule has 0 saturated heterocycles. The average molecular weight is 356 g/mol. The van der Waals surface area contributed by atoms with Gasteiger partial charge in [0.2, 0.25) is 0 Å². The van der Waals surface area contributed by atoms with Gasteiger partial charge in [-0.15, -0.1) is 24.8 Å². The van der Waals surface area contributed by atoms with Crippen molar-refractivity contribution in [1.82, 2.24) is 14.6 Å². The van der Waals surface area contributed by atoms with Crippen LogP contribution in [0.15, 0.2) is 12.3 Å².